The highest BCUT2D eigenvalue weighted by molar-refractivity contribution is 7.27. The number of hydrogen-bond acceptors (Lipinski definition) is 4. The molecule has 4 heteroatoms. The standard InChI is InChI=1S/C49H30N2S2/c1-3-9-46-42(7-1)44-23-17-34-28-38(21-25-40(34)48(44)52-46)51(37-19-15-32(16-20-37)31-11-13-33(14-12-31)36-6-5-27-50-30-36)39-22-26-41-35(29-39)18-24-45-43-8-2-4-10-47(43)53-49(41)45/h1-30H. The monoisotopic (exact) mass is 710 g/mol. The maximum atomic E-state index is 4.29. The highest BCUT2D eigenvalue weighted by Crippen LogP contribution is 2.44. The average Bonchev–Trinajstić information content (AvgIpc) is 3.81. The molecule has 3 aromatic heterocycles. The second-order valence-corrected chi connectivity index (χ2v) is 15.7. The average molecular weight is 711 g/mol. The van der Waals surface area contributed by atoms with E-state index in [4.69, 9.17) is 0 Å². The minimum Gasteiger partial charge on any atom is -0.310 e. The van der Waals surface area contributed by atoms with Crippen molar-refractivity contribution in [3.63, 3.8) is 0 Å². The van der Waals surface area contributed by atoms with Crippen molar-refractivity contribution >= 4 is 102 Å². The molecule has 8 aromatic carbocycles. The lowest BCUT2D eigenvalue weighted by molar-refractivity contribution is 1.29. The number of rotatable bonds is 5. The third-order valence-electron chi connectivity index (χ3n) is 10.5. The van der Waals surface area contributed by atoms with E-state index < -0.39 is 0 Å². The molecule has 53 heavy (non-hydrogen) atoms. The number of benzene rings is 8. The SMILES string of the molecule is c1cncc(-c2ccc(-c3ccc(N(c4ccc5c(ccc6c7ccccc7sc56)c4)c4ccc5c(ccc6c7ccccc7sc56)c4)cc3)cc2)c1. The van der Waals surface area contributed by atoms with Crippen molar-refractivity contribution in [2.24, 2.45) is 0 Å². The minimum atomic E-state index is 1.12. The zero-order valence-corrected chi connectivity index (χ0v) is 30.2. The summed E-state index contributed by atoms with van der Waals surface area (Å²) in [6, 6.07) is 62.4. The molecule has 0 radical (unpaired) electrons. The van der Waals surface area contributed by atoms with Crippen molar-refractivity contribution in [2.45, 2.75) is 0 Å². The molecule has 3 heterocycles. The van der Waals surface area contributed by atoms with Gasteiger partial charge in [-0.2, -0.15) is 0 Å². The molecule has 11 aromatic rings. The fourth-order valence-electron chi connectivity index (χ4n) is 7.91. The third-order valence-corrected chi connectivity index (χ3v) is 13.0. The molecule has 0 N–H and O–H groups in total. The third kappa shape index (κ3) is 5.02. The predicted octanol–water partition coefficient (Wildman–Crippen LogP) is 14.9. The van der Waals surface area contributed by atoms with E-state index in [1.165, 1.54) is 73.0 Å². The fraction of sp³-hybridized carbons (Fsp3) is 0. The number of thiophene rings is 2. The molecule has 2 nitrogen and oxygen atoms in total. The first-order valence-corrected chi connectivity index (χ1v) is 19.5. The molecular weight excluding hydrogens is 681 g/mol. The topological polar surface area (TPSA) is 16.1 Å². The second-order valence-electron chi connectivity index (χ2n) is 13.6. The Hall–Kier alpha value is -6.33. The van der Waals surface area contributed by atoms with Gasteiger partial charge < -0.3 is 4.90 Å². The van der Waals surface area contributed by atoms with Crippen molar-refractivity contribution in [1.82, 2.24) is 4.98 Å². The van der Waals surface area contributed by atoms with Crippen LogP contribution in [0.2, 0.25) is 0 Å². The molecule has 0 atom stereocenters. The van der Waals surface area contributed by atoms with Crippen LogP contribution in [0.1, 0.15) is 0 Å². The van der Waals surface area contributed by atoms with Gasteiger partial charge in [0.25, 0.3) is 0 Å². The zero-order chi connectivity index (χ0) is 34.9. The summed E-state index contributed by atoms with van der Waals surface area (Å²) < 4.78 is 5.35. The van der Waals surface area contributed by atoms with Crippen LogP contribution in [-0.4, -0.2) is 4.98 Å². The van der Waals surface area contributed by atoms with Crippen LogP contribution in [0.3, 0.4) is 0 Å². The summed E-state index contributed by atoms with van der Waals surface area (Å²) >= 11 is 3.77. The van der Waals surface area contributed by atoms with Crippen molar-refractivity contribution in [3.8, 4) is 22.3 Å². The molecule has 0 saturated carbocycles. The van der Waals surface area contributed by atoms with Gasteiger partial charge in [0.05, 0.1) is 0 Å². The van der Waals surface area contributed by atoms with E-state index in [9.17, 15) is 0 Å². The molecular formula is C49H30N2S2. The van der Waals surface area contributed by atoms with E-state index in [0.717, 1.165) is 28.2 Å². The van der Waals surface area contributed by atoms with Gasteiger partial charge in [-0.3, -0.25) is 4.98 Å². The molecule has 0 aliphatic rings. The minimum absolute atomic E-state index is 1.12. The van der Waals surface area contributed by atoms with Crippen LogP contribution in [0, 0.1) is 0 Å². The summed E-state index contributed by atoms with van der Waals surface area (Å²) in [5.41, 5.74) is 8.04. The number of anilines is 3. The summed E-state index contributed by atoms with van der Waals surface area (Å²) in [5.74, 6) is 0. The molecule has 0 fully saturated rings. The Kier molecular flexibility index (Phi) is 6.94. The lowest BCUT2D eigenvalue weighted by atomic mass is 10.0. The number of nitrogens with zero attached hydrogens (tertiary/aromatic N) is 2. The molecule has 0 amide bonds. The van der Waals surface area contributed by atoms with Crippen LogP contribution in [0.15, 0.2) is 182 Å². The normalized spacial score (nSPS) is 11.8. The smallest absolute Gasteiger partial charge is 0.0468 e. The first kappa shape index (κ1) is 30.3. The van der Waals surface area contributed by atoms with E-state index in [2.05, 4.69) is 174 Å². The number of hydrogen-bond donors (Lipinski definition) is 0. The first-order valence-electron chi connectivity index (χ1n) is 17.8. The lowest BCUT2D eigenvalue weighted by Crippen LogP contribution is -2.09. The number of fused-ring (bicyclic) bond motifs is 10. The van der Waals surface area contributed by atoms with Gasteiger partial charge in [-0.1, -0.05) is 115 Å². The second kappa shape index (κ2) is 12.1. The van der Waals surface area contributed by atoms with Crippen LogP contribution in [0.25, 0.3) is 84.1 Å². The Morgan fingerprint density at radius 1 is 0.358 bits per heavy atom. The summed E-state index contributed by atoms with van der Waals surface area (Å²) in [7, 11) is 0. The molecule has 0 aliphatic carbocycles. The van der Waals surface area contributed by atoms with Gasteiger partial charge in [-0.05, 0) is 98.4 Å². The molecule has 0 saturated heterocycles. The Balaban J connectivity index is 1.04. The highest BCUT2D eigenvalue weighted by atomic mass is 32.1. The van der Waals surface area contributed by atoms with Crippen molar-refractivity contribution in [3.05, 3.63) is 182 Å². The molecule has 0 aliphatic heterocycles. The molecule has 11 rings (SSSR count). The Morgan fingerprint density at radius 3 is 1.36 bits per heavy atom. The number of aromatic nitrogens is 1. The summed E-state index contributed by atoms with van der Waals surface area (Å²) in [6.07, 6.45) is 3.72. The van der Waals surface area contributed by atoms with Crippen LogP contribution in [0.4, 0.5) is 17.1 Å². The van der Waals surface area contributed by atoms with E-state index in [1.807, 2.05) is 41.1 Å². The summed E-state index contributed by atoms with van der Waals surface area (Å²) in [4.78, 5) is 6.69. The molecule has 0 bridgehead atoms. The van der Waals surface area contributed by atoms with Crippen molar-refractivity contribution in [2.75, 3.05) is 4.90 Å². The van der Waals surface area contributed by atoms with Gasteiger partial charge in [-0.15, -0.1) is 22.7 Å². The van der Waals surface area contributed by atoms with Gasteiger partial charge in [0, 0.05) is 69.8 Å². The summed E-state index contributed by atoms with van der Waals surface area (Å²) in [6.45, 7) is 0. The van der Waals surface area contributed by atoms with Crippen LogP contribution in [-0.2, 0) is 0 Å². The molecule has 0 spiro atoms. The molecule has 248 valence electrons. The Morgan fingerprint density at radius 2 is 0.830 bits per heavy atom. The summed E-state index contributed by atoms with van der Waals surface area (Å²) in [5, 5.41) is 10.4. The van der Waals surface area contributed by atoms with Crippen molar-refractivity contribution < 1.29 is 0 Å². The largest absolute Gasteiger partial charge is 0.310 e. The van der Waals surface area contributed by atoms with E-state index in [1.54, 1.807) is 0 Å². The maximum Gasteiger partial charge on any atom is 0.0468 e. The van der Waals surface area contributed by atoms with Crippen LogP contribution >= 0.6 is 22.7 Å². The van der Waals surface area contributed by atoms with E-state index in [0.29, 0.717) is 0 Å². The first-order chi connectivity index (χ1) is 26.2. The van der Waals surface area contributed by atoms with Crippen LogP contribution in [0.5, 0.6) is 0 Å². The van der Waals surface area contributed by atoms with Gasteiger partial charge in [0.15, 0.2) is 0 Å². The van der Waals surface area contributed by atoms with Gasteiger partial charge in [-0.25, -0.2) is 0 Å². The maximum absolute atomic E-state index is 4.29. The fourth-order valence-corrected chi connectivity index (χ4v) is 10.4. The van der Waals surface area contributed by atoms with Crippen molar-refractivity contribution in [1.29, 1.82) is 0 Å². The zero-order valence-electron chi connectivity index (χ0n) is 28.5. The Labute approximate surface area is 314 Å². The quantitative estimate of drug-likeness (QED) is 0.177. The van der Waals surface area contributed by atoms with Gasteiger partial charge in [0.1, 0.15) is 0 Å². The lowest BCUT2D eigenvalue weighted by Gasteiger charge is -2.26. The van der Waals surface area contributed by atoms with E-state index >= 15 is 0 Å². The highest BCUT2D eigenvalue weighted by Gasteiger charge is 2.17. The van der Waals surface area contributed by atoms with Gasteiger partial charge >= 0.3 is 0 Å². The van der Waals surface area contributed by atoms with Gasteiger partial charge in [0.2, 0.25) is 0 Å². The predicted molar refractivity (Wildman–Crippen MR) is 231 cm³/mol. The van der Waals surface area contributed by atoms with Crippen LogP contribution < -0.4 is 4.90 Å². The number of pyridine rings is 1. The Bertz CT molecular complexity index is 3000. The molecule has 0 unspecified atom stereocenters. The van der Waals surface area contributed by atoms with E-state index in [-0.39, 0.29) is 0 Å².